The highest BCUT2D eigenvalue weighted by Gasteiger charge is 2.26. The average molecular weight is 203 g/mol. The van der Waals surface area contributed by atoms with Crippen molar-refractivity contribution in [2.24, 2.45) is 5.73 Å². The van der Waals surface area contributed by atoms with E-state index in [1.54, 1.807) is 0 Å². The first-order chi connectivity index (χ1) is 6.50. The van der Waals surface area contributed by atoms with Crippen molar-refractivity contribution in [1.82, 2.24) is 0 Å². The summed E-state index contributed by atoms with van der Waals surface area (Å²) in [6, 6.07) is 0. The lowest BCUT2D eigenvalue weighted by Gasteiger charge is -2.18. The van der Waals surface area contributed by atoms with E-state index in [-0.39, 0.29) is 0 Å². The van der Waals surface area contributed by atoms with Crippen LogP contribution in [0.2, 0.25) is 0 Å². The lowest BCUT2D eigenvalue weighted by molar-refractivity contribution is -0.143. The predicted molar refractivity (Wildman–Crippen MR) is 55.2 cm³/mol. The Morgan fingerprint density at radius 1 is 1.43 bits per heavy atom. The van der Waals surface area contributed by atoms with Gasteiger partial charge in [0.05, 0.1) is 0 Å². The van der Waals surface area contributed by atoms with Gasteiger partial charge in [-0.2, -0.15) is 0 Å². The third-order valence-electron chi connectivity index (χ3n) is 2.15. The molecular weight excluding hydrogens is 182 g/mol. The zero-order valence-electron chi connectivity index (χ0n) is 9.08. The van der Waals surface area contributed by atoms with Crippen LogP contribution in [0, 0.1) is 0 Å². The third-order valence-corrected chi connectivity index (χ3v) is 2.15. The summed E-state index contributed by atoms with van der Waals surface area (Å²) >= 11 is 0. The molecule has 0 aliphatic carbocycles. The summed E-state index contributed by atoms with van der Waals surface area (Å²) in [5.41, 5.74) is 4.36. The van der Waals surface area contributed by atoms with E-state index in [4.69, 9.17) is 15.6 Å². The van der Waals surface area contributed by atoms with Crippen LogP contribution >= 0.6 is 0 Å². The number of hydrogen-bond acceptors (Lipinski definition) is 3. The molecule has 0 bridgehead atoms. The van der Waals surface area contributed by atoms with Crippen LogP contribution in [0.15, 0.2) is 0 Å². The molecule has 0 aromatic heterocycles. The highest BCUT2D eigenvalue weighted by Crippen LogP contribution is 2.06. The fraction of sp³-hybridized carbons (Fsp3) is 0.900. The van der Waals surface area contributed by atoms with Crippen LogP contribution < -0.4 is 5.73 Å². The van der Waals surface area contributed by atoms with Gasteiger partial charge in [0.2, 0.25) is 0 Å². The standard InChI is InChI=1S/C10H21NO3/c1-3-4-5-7-14-8-6-10(2,11)9(12)13/h3-8,11H2,1-2H3,(H,12,13). The highest BCUT2D eigenvalue weighted by molar-refractivity contribution is 5.77. The van der Waals surface area contributed by atoms with Crippen molar-refractivity contribution in [3.05, 3.63) is 0 Å². The molecule has 0 aromatic rings. The first kappa shape index (κ1) is 13.4. The number of carbonyl (C=O) groups is 1. The second-order valence-electron chi connectivity index (χ2n) is 3.79. The van der Waals surface area contributed by atoms with Crippen LogP contribution in [0.5, 0.6) is 0 Å². The van der Waals surface area contributed by atoms with Gasteiger partial charge >= 0.3 is 5.97 Å². The second kappa shape index (κ2) is 6.79. The van der Waals surface area contributed by atoms with Crippen molar-refractivity contribution in [3.8, 4) is 0 Å². The van der Waals surface area contributed by atoms with Crippen molar-refractivity contribution < 1.29 is 14.6 Å². The summed E-state index contributed by atoms with van der Waals surface area (Å²) in [6.45, 7) is 4.75. The van der Waals surface area contributed by atoms with E-state index in [9.17, 15) is 4.79 Å². The molecule has 4 heteroatoms. The Kier molecular flexibility index (Phi) is 6.49. The number of carboxylic acids is 1. The third kappa shape index (κ3) is 5.94. The zero-order chi connectivity index (χ0) is 11.0. The van der Waals surface area contributed by atoms with Gasteiger partial charge in [-0.1, -0.05) is 19.8 Å². The molecule has 3 N–H and O–H groups in total. The molecule has 1 unspecified atom stereocenters. The minimum absolute atomic E-state index is 0.356. The van der Waals surface area contributed by atoms with Crippen LogP contribution in [-0.4, -0.2) is 29.8 Å². The molecule has 0 radical (unpaired) electrons. The zero-order valence-corrected chi connectivity index (χ0v) is 9.08. The number of hydrogen-bond donors (Lipinski definition) is 2. The molecule has 0 amide bonds. The predicted octanol–water partition coefficient (Wildman–Crippen LogP) is 1.39. The van der Waals surface area contributed by atoms with Gasteiger partial charge in [0.1, 0.15) is 5.54 Å². The molecule has 14 heavy (non-hydrogen) atoms. The SMILES string of the molecule is CCCCCOCCC(C)(N)C(=O)O. The van der Waals surface area contributed by atoms with E-state index >= 15 is 0 Å². The van der Waals surface area contributed by atoms with Gasteiger partial charge in [-0.25, -0.2) is 0 Å². The van der Waals surface area contributed by atoms with Gasteiger partial charge in [0.25, 0.3) is 0 Å². The molecular formula is C10H21NO3. The summed E-state index contributed by atoms with van der Waals surface area (Å²) in [4.78, 5) is 10.6. The Labute approximate surface area is 85.4 Å². The second-order valence-corrected chi connectivity index (χ2v) is 3.79. The lowest BCUT2D eigenvalue weighted by atomic mass is 10.0. The Hall–Kier alpha value is -0.610. The molecule has 0 rings (SSSR count). The number of unbranched alkanes of at least 4 members (excludes halogenated alkanes) is 2. The summed E-state index contributed by atoms with van der Waals surface area (Å²) in [6.07, 6.45) is 3.70. The molecule has 0 aliphatic heterocycles. The maximum absolute atomic E-state index is 10.6. The molecule has 1 atom stereocenters. The highest BCUT2D eigenvalue weighted by atomic mass is 16.5. The van der Waals surface area contributed by atoms with E-state index in [0.717, 1.165) is 19.3 Å². The fourth-order valence-corrected chi connectivity index (χ4v) is 0.947. The monoisotopic (exact) mass is 203 g/mol. The van der Waals surface area contributed by atoms with Gasteiger partial charge in [-0.15, -0.1) is 0 Å². The Bertz CT molecular complexity index is 169. The van der Waals surface area contributed by atoms with E-state index in [0.29, 0.717) is 19.6 Å². The van der Waals surface area contributed by atoms with Gasteiger partial charge in [-0.3, -0.25) is 4.79 Å². The largest absolute Gasteiger partial charge is 0.480 e. The number of ether oxygens (including phenoxy) is 1. The fourth-order valence-electron chi connectivity index (χ4n) is 0.947. The number of rotatable bonds is 8. The molecule has 84 valence electrons. The van der Waals surface area contributed by atoms with E-state index in [1.165, 1.54) is 6.92 Å². The van der Waals surface area contributed by atoms with Gasteiger partial charge in [0.15, 0.2) is 0 Å². The molecule has 0 aliphatic rings. The molecule has 0 saturated heterocycles. The normalized spacial score (nSPS) is 15.1. The minimum Gasteiger partial charge on any atom is -0.480 e. The van der Waals surface area contributed by atoms with Crippen molar-refractivity contribution >= 4 is 5.97 Å². The summed E-state index contributed by atoms with van der Waals surface area (Å²) < 4.78 is 5.28. The van der Waals surface area contributed by atoms with Crippen molar-refractivity contribution in [3.63, 3.8) is 0 Å². The first-order valence-electron chi connectivity index (χ1n) is 5.10. The summed E-state index contributed by atoms with van der Waals surface area (Å²) in [5.74, 6) is -0.977. The lowest BCUT2D eigenvalue weighted by Crippen LogP contribution is -2.45. The smallest absolute Gasteiger partial charge is 0.323 e. The minimum atomic E-state index is -1.16. The molecule has 0 heterocycles. The van der Waals surface area contributed by atoms with Crippen LogP contribution in [0.3, 0.4) is 0 Å². The van der Waals surface area contributed by atoms with Crippen LogP contribution in [-0.2, 0) is 9.53 Å². The Morgan fingerprint density at radius 3 is 2.57 bits per heavy atom. The van der Waals surface area contributed by atoms with E-state index < -0.39 is 11.5 Å². The number of nitrogens with two attached hydrogens (primary N) is 1. The molecule has 0 spiro atoms. The van der Waals surface area contributed by atoms with Crippen molar-refractivity contribution in [2.75, 3.05) is 13.2 Å². The molecule has 0 saturated carbocycles. The Balaban J connectivity index is 3.40. The molecule has 0 fully saturated rings. The average Bonchev–Trinajstić information content (AvgIpc) is 2.10. The van der Waals surface area contributed by atoms with Gasteiger partial charge in [0, 0.05) is 13.2 Å². The van der Waals surface area contributed by atoms with Gasteiger partial charge in [-0.05, 0) is 19.8 Å². The van der Waals surface area contributed by atoms with Crippen LogP contribution in [0.1, 0.15) is 39.5 Å². The van der Waals surface area contributed by atoms with Crippen molar-refractivity contribution in [1.29, 1.82) is 0 Å². The maximum Gasteiger partial charge on any atom is 0.323 e. The summed E-state index contributed by atoms with van der Waals surface area (Å²) in [5, 5.41) is 8.70. The number of carboxylic acid groups (broad SMARTS) is 1. The quantitative estimate of drug-likeness (QED) is 0.585. The van der Waals surface area contributed by atoms with Crippen LogP contribution in [0.4, 0.5) is 0 Å². The van der Waals surface area contributed by atoms with Gasteiger partial charge < -0.3 is 15.6 Å². The number of aliphatic carboxylic acids is 1. The Morgan fingerprint density at radius 2 is 2.07 bits per heavy atom. The summed E-state index contributed by atoms with van der Waals surface area (Å²) in [7, 11) is 0. The first-order valence-corrected chi connectivity index (χ1v) is 5.10. The van der Waals surface area contributed by atoms with Crippen molar-refractivity contribution in [2.45, 2.75) is 45.1 Å². The molecule has 4 nitrogen and oxygen atoms in total. The van der Waals surface area contributed by atoms with E-state index in [1.807, 2.05) is 0 Å². The van der Waals surface area contributed by atoms with Crippen LogP contribution in [0.25, 0.3) is 0 Å². The molecule has 0 aromatic carbocycles. The maximum atomic E-state index is 10.6. The van der Waals surface area contributed by atoms with E-state index in [2.05, 4.69) is 6.92 Å². The topological polar surface area (TPSA) is 72.5 Å².